The van der Waals surface area contributed by atoms with Crippen molar-refractivity contribution >= 4 is 28.6 Å². The number of nitrogens with one attached hydrogen (secondary N) is 1. The van der Waals surface area contributed by atoms with Gasteiger partial charge in [0.05, 0.1) is 5.02 Å². The van der Waals surface area contributed by atoms with Gasteiger partial charge in [-0.1, -0.05) is 11.6 Å². The molecule has 0 aliphatic carbocycles. The van der Waals surface area contributed by atoms with Crippen LogP contribution in [-0.2, 0) is 6.54 Å². The number of hydrogen-bond donors (Lipinski definition) is 2. The van der Waals surface area contributed by atoms with E-state index in [4.69, 9.17) is 17.3 Å². The van der Waals surface area contributed by atoms with E-state index in [2.05, 4.69) is 20.3 Å². The molecule has 0 saturated carbocycles. The molecule has 26 heavy (non-hydrogen) atoms. The van der Waals surface area contributed by atoms with Crippen LogP contribution in [0.25, 0.3) is 5.52 Å². The lowest BCUT2D eigenvalue weighted by Gasteiger charge is -2.30. The molecule has 1 aliphatic rings. The average molecular weight is 375 g/mol. The summed E-state index contributed by atoms with van der Waals surface area (Å²) >= 11 is 5.88. The number of nitrogens with zero attached hydrogens (tertiary/aromatic N) is 4. The molecule has 3 N–H and O–H groups in total. The summed E-state index contributed by atoms with van der Waals surface area (Å²) in [5.41, 5.74) is 8.78. The van der Waals surface area contributed by atoms with Gasteiger partial charge in [0.1, 0.15) is 17.7 Å². The standard InChI is InChI=1S/C18H20ClFN6/c19-15-8-14(3-4-16(15)20)24-18-17-12(5-7-26(17)23-11-22-18)9-25-6-1-2-13(21)10-25/h3-5,7-8,11,13H,1-2,6,9-10,21H2,(H,22,23,24)/t13-/m1/s1. The van der Waals surface area contributed by atoms with Gasteiger partial charge >= 0.3 is 0 Å². The maximum Gasteiger partial charge on any atom is 0.158 e. The fourth-order valence-electron chi connectivity index (χ4n) is 3.42. The van der Waals surface area contributed by atoms with Crippen LogP contribution in [0.4, 0.5) is 15.9 Å². The van der Waals surface area contributed by atoms with Crippen LogP contribution in [-0.4, -0.2) is 38.6 Å². The van der Waals surface area contributed by atoms with Crippen molar-refractivity contribution in [2.45, 2.75) is 25.4 Å². The Labute approximate surface area is 155 Å². The monoisotopic (exact) mass is 374 g/mol. The van der Waals surface area contributed by atoms with Crippen molar-refractivity contribution in [2.24, 2.45) is 5.73 Å². The van der Waals surface area contributed by atoms with Crippen molar-refractivity contribution in [2.75, 3.05) is 18.4 Å². The van der Waals surface area contributed by atoms with Gasteiger partial charge in [0.25, 0.3) is 0 Å². The van der Waals surface area contributed by atoms with Gasteiger partial charge < -0.3 is 11.1 Å². The first-order chi connectivity index (χ1) is 12.6. The van der Waals surface area contributed by atoms with E-state index in [-0.39, 0.29) is 11.1 Å². The van der Waals surface area contributed by atoms with Crippen molar-refractivity contribution in [3.63, 3.8) is 0 Å². The summed E-state index contributed by atoms with van der Waals surface area (Å²) in [6, 6.07) is 6.78. The number of anilines is 2. The van der Waals surface area contributed by atoms with Crippen LogP contribution in [0, 0.1) is 5.82 Å². The number of likely N-dealkylation sites (tertiary alicyclic amines) is 1. The Hall–Kier alpha value is -2.22. The summed E-state index contributed by atoms with van der Waals surface area (Å²) in [7, 11) is 0. The zero-order chi connectivity index (χ0) is 18.1. The number of nitrogens with two attached hydrogens (primary N) is 1. The summed E-state index contributed by atoms with van der Waals surface area (Å²) in [6.45, 7) is 2.72. The highest BCUT2D eigenvalue weighted by Crippen LogP contribution is 2.27. The highest BCUT2D eigenvalue weighted by atomic mass is 35.5. The van der Waals surface area contributed by atoms with E-state index in [1.807, 2.05) is 12.3 Å². The second-order valence-electron chi connectivity index (χ2n) is 6.63. The summed E-state index contributed by atoms with van der Waals surface area (Å²) in [4.78, 5) is 6.73. The van der Waals surface area contributed by atoms with Crippen LogP contribution in [0.5, 0.6) is 0 Å². The molecule has 1 fully saturated rings. The smallest absolute Gasteiger partial charge is 0.158 e. The summed E-state index contributed by atoms with van der Waals surface area (Å²) in [5, 5.41) is 7.57. The lowest BCUT2D eigenvalue weighted by Crippen LogP contribution is -2.42. The SMILES string of the molecule is N[C@@H]1CCCN(Cc2ccn3ncnc(Nc4ccc(F)c(Cl)c4)c23)C1. The minimum absolute atomic E-state index is 0.0676. The molecule has 6 nitrogen and oxygen atoms in total. The minimum Gasteiger partial charge on any atom is -0.338 e. The molecule has 8 heteroatoms. The Bertz CT molecular complexity index is 927. The molecular weight excluding hydrogens is 355 g/mol. The highest BCUT2D eigenvalue weighted by molar-refractivity contribution is 6.31. The van der Waals surface area contributed by atoms with E-state index in [0.29, 0.717) is 11.5 Å². The zero-order valence-electron chi connectivity index (χ0n) is 14.2. The third-order valence-electron chi connectivity index (χ3n) is 4.66. The first-order valence-corrected chi connectivity index (χ1v) is 8.99. The summed E-state index contributed by atoms with van der Waals surface area (Å²) in [6.07, 6.45) is 5.59. The van der Waals surface area contributed by atoms with Crippen molar-refractivity contribution < 1.29 is 4.39 Å². The topological polar surface area (TPSA) is 71.5 Å². The highest BCUT2D eigenvalue weighted by Gasteiger charge is 2.19. The molecule has 4 rings (SSSR count). The first kappa shape index (κ1) is 17.2. The first-order valence-electron chi connectivity index (χ1n) is 8.61. The predicted molar refractivity (Wildman–Crippen MR) is 100 cm³/mol. The van der Waals surface area contributed by atoms with Crippen molar-refractivity contribution in [1.82, 2.24) is 19.5 Å². The largest absolute Gasteiger partial charge is 0.338 e. The Kier molecular flexibility index (Phi) is 4.76. The molecule has 1 atom stereocenters. The maximum atomic E-state index is 13.4. The fourth-order valence-corrected chi connectivity index (χ4v) is 3.60. The average Bonchev–Trinajstić information content (AvgIpc) is 3.02. The van der Waals surface area contributed by atoms with Crippen LogP contribution in [0.15, 0.2) is 36.8 Å². The molecule has 1 saturated heterocycles. The van der Waals surface area contributed by atoms with Gasteiger partial charge in [-0.3, -0.25) is 4.90 Å². The molecule has 0 bridgehead atoms. The maximum absolute atomic E-state index is 13.4. The van der Waals surface area contributed by atoms with E-state index in [1.165, 1.54) is 12.4 Å². The van der Waals surface area contributed by atoms with E-state index in [9.17, 15) is 4.39 Å². The van der Waals surface area contributed by atoms with E-state index < -0.39 is 5.82 Å². The molecule has 0 unspecified atom stereocenters. The van der Waals surface area contributed by atoms with Crippen LogP contribution in [0.3, 0.4) is 0 Å². The van der Waals surface area contributed by atoms with Crippen molar-refractivity contribution in [3.05, 3.63) is 53.2 Å². The summed E-state index contributed by atoms with van der Waals surface area (Å²) in [5.74, 6) is 0.207. The molecule has 1 aromatic carbocycles. The van der Waals surface area contributed by atoms with Crippen molar-refractivity contribution in [3.8, 4) is 0 Å². The van der Waals surface area contributed by atoms with Gasteiger partial charge in [0.15, 0.2) is 5.82 Å². The van der Waals surface area contributed by atoms with Gasteiger partial charge in [-0.15, -0.1) is 0 Å². The fraction of sp³-hybridized carbons (Fsp3) is 0.333. The number of halogens is 2. The Morgan fingerprint density at radius 3 is 3.04 bits per heavy atom. The number of rotatable bonds is 4. The van der Waals surface area contributed by atoms with E-state index in [0.717, 1.165) is 43.6 Å². The molecule has 3 aromatic rings. The second-order valence-corrected chi connectivity index (χ2v) is 7.04. The van der Waals surface area contributed by atoms with Crippen LogP contribution in [0.1, 0.15) is 18.4 Å². The number of aromatic nitrogens is 3. The van der Waals surface area contributed by atoms with Gasteiger partial charge in [-0.25, -0.2) is 13.9 Å². The lowest BCUT2D eigenvalue weighted by molar-refractivity contribution is 0.202. The van der Waals surface area contributed by atoms with E-state index >= 15 is 0 Å². The Morgan fingerprint density at radius 2 is 2.23 bits per heavy atom. The second kappa shape index (κ2) is 7.19. The summed E-state index contributed by atoms with van der Waals surface area (Å²) < 4.78 is 15.2. The zero-order valence-corrected chi connectivity index (χ0v) is 15.0. The lowest BCUT2D eigenvalue weighted by atomic mass is 10.1. The molecule has 1 aliphatic heterocycles. The third kappa shape index (κ3) is 3.51. The Balaban J connectivity index is 1.64. The number of piperidine rings is 1. The van der Waals surface area contributed by atoms with Crippen molar-refractivity contribution in [1.29, 1.82) is 0 Å². The molecule has 0 spiro atoms. The quantitative estimate of drug-likeness (QED) is 0.733. The molecule has 3 heterocycles. The minimum atomic E-state index is -0.449. The van der Waals surface area contributed by atoms with Gasteiger partial charge in [0.2, 0.25) is 0 Å². The predicted octanol–water partition coefficient (Wildman–Crippen LogP) is 3.19. The molecule has 136 valence electrons. The molecule has 0 amide bonds. The van der Waals surface area contributed by atoms with Crippen LogP contribution < -0.4 is 11.1 Å². The third-order valence-corrected chi connectivity index (χ3v) is 4.95. The van der Waals surface area contributed by atoms with Gasteiger partial charge in [0, 0.05) is 31.0 Å². The van der Waals surface area contributed by atoms with Gasteiger partial charge in [-0.2, -0.15) is 5.10 Å². The van der Waals surface area contributed by atoms with Crippen LogP contribution in [0.2, 0.25) is 5.02 Å². The Morgan fingerprint density at radius 1 is 1.35 bits per heavy atom. The number of benzene rings is 1. The number of fused-ring (bicyclic) bond motifs is 1. The molecule has 0 radical (unpaired) electrons. The number of hydrogen-bond acceptors (Lipinski definition) is 5. The van der Waals surface area contributed by atoms with Crippen LogP contribution >= 0.6 is 11.6 Å². The van der Waals surface area contributed by atoms with Gasteiger partial charge in [-0.05, 0) is 49.2 Å². The molecule has 2 aromatic heterocycles. The van der Waals surface area contributed by atoms with E-state index in [1.54, 1.807) is 16.6 Å². The normalized spacial score (nSPS) is 18.3. The molecular formula is C18H20ClFN6.